The average Bonchev–Trinajstić information content (AvgIpc) is 2.84. The number of amides is 1. The van der Waals surface area contributed by atoms with Gasteiger partial charge in [0.2, 0.25) is 0 Å². The minimum Gasteiger partial charge on any atom is -0.444 e. The molecule has 2 aromatic rings. The van der Waals surface area contributed by atoms with Crippen molar-refractivity contribution in [1.29, 1.82) is 0 Å². The fourth-order valence-corrected chi connectivity index (χ4v) is 3.95. The van der Waals surface area contributed by atoms with Crippen molar-refractivity contribution < 1.29 is 9.53 Å². The first-order valence-corrected chi connectivity index (χ1v) is 9.31. The van der Waals surface area contributed by atoms with Gasteiger partial charge in [-0.05, 0) is 68.5 Å². The second-order valence-corrected chi connectivity index (χ2v) is 8.37. The van der Waals surface area contributed by atoms with Gasteiger partial charge in [0.25, 0.3) is 0 Å². The summed E-state index contributed by atoms with van der Waals surface area (Å²) in [6.45, 7) is 5.60. The van der Waals surface area contributed by atoms with Crippen LogP contribution >= 0.6 is 15.9 Å². The molecule has 136 valence electrons. The summed E-state index contributed by atoms with van der Waals surface area (Å²) in [6.07, 6.45) is 4.91. The van der Waals surface area contributed by atoms with E-state index in [9.17, 15) is 4.79 Å². The van der Waals surface area contributed by atoms with Crippen LogP contribution in [-0.4, -0.2) is 32.3 Å². The fraction of sp³-hybridized carbons (Fsp3) is 0.588. The van der Waals surface area contributed by atoms with Crippen LogP contribution in [0, 0.1) is 0 Å². The molecule has 3 rings (SSSR count). The largest absolute Gasteiger partial charge is 0.444 e. The van der Waals surface area contributed by atoms with Crippen LogP contribution in [0.3, 0.4) is 0 Å². The summed E-state index contributed by atoms with van der Waals surface area (Å²) < 4.78 is 8.12. The molecule has 1 saturated carbocycles. The average molecular weight is 410 g/mol. The zero-order valence-corrected chi connectivity index (χ0v) is 16.3. The molecule has 0 spiro atoms. The molecule has 1 amide bonds. The number of nitrogens with zero attached hydrogens (tertiary/aromatic N) is 3. The van der Waals surface area contributed by atoms with Gasteiger partial charge in [0.15, 0.2) is 5.82 Å². The second kappa shape index (κ2) is 6.82. The Bertz CT molecular complexity index is 775. The van der Waals surface area contributed by atoms with Crippen LogP contribution in [0.4, 0.5) is 10.6 Å². The van der Waals surface area contributed by atoms with Gasteiger partial charge in [-0.25, -0.2) is 14.3 Å². The van der Waals surface area contributed by atoms with Gasteiger partial charge in [0, 0.05) is 22.1 Å². The van der Waals surface area contributed by atoms with Gasteiger partial charge >= 0.3 is 6.09 Å². The van der Waals surface area contributed by atoms with Gasteiger partial charge in [0.05, 0.1) is 0 Å². The van der Waals surface area contributed by atoms with E-state index in [1.165, 1.54) is 6.33 Å². The van der Waals surface area contributed by atoms with Crippen LogP contribution in [-0.2, 0) is 4.74 Å². The number of carbonyl (C=O) groups excluding carboxylic acids is 1. The number of halogens is 1. The standard InChI is InChI=1S/C17H24BrN5O2/c1-17(2,3)25-16(24)22-11-6-4-10(5-7-11)13-8-12(18)14-15(19)20-9-21-23(13)14/h8-11H,4-7H2,1-3H3,(H,22,24)(H2,19,20,21). The summed E-state index contributed by atoms with van der Waals surface area (Å²) >= 11 is 3.55. The highest BCUT2D eigenvalue weighted by Gasteiger charge is 2.28. The first-order valence-electron chi connectivity index (χ1n) is 8.51. The molecular formula is C17H24BrN5O2. The summed E-state index contributed by atoms with van der Waals surface area (Å²) in [4.78, 5) is 16.0. The monoisotopic (exact) mass is 409 g/mol. The lowest BCUT2D eigenvalue weighted by Crippen LogP contribution is -2.40. The molecule has 0 atom stereocenters. The molecule has 1 fully saturated rings. The number of ether oxygens (including phenoxy) is 1. The van der Waals surface area contributed by atoms with Gasteiger partial charge in [-0.2, -0.15) is 5.10 Å². The van der Waals surface area contributed by atoms with Crippen LogP contribution in [0.25, 0.3) is 5.52 Å². The van der Waals surface area contributed by atoms with E-state index < -0.39 is 5.60 Å². The minimum absolute atomic E-state index is 0.153. The predicted octanol–water partition coefficient (Wildman–Crippen LogP) is 3.62. The third-order valence-corrected chi connectivity index (χ3v) is 5.03. The number of nitrogen functional groups attached to an aromatic ring is 1. The highest BCUT2D eigenvalue weighted by atomic mass is 79.9. The molecule has 0 saturated heterocycles. The molecule has 0 unspecified atom stereocenters. The van der Waals surface area contributed by atoms with Crippen molar-refractivity contribution >= 4 is 33.4 Å². The van der Waals surface area contributed by atoms with Gasteiger partial charge in [-0.1, -0.05) is 0 Å². The fourth-order valence-electron chi connectivity index (χ4n) is 3.34. The Kier molecular flexibility index (Phi) is 4.90. The number of rotatable bonds is 2. The van der Waals surface area contributed by atoms with Crippen molar-refractivity contribution in [3.05, 3.63) is 22.6 Å². The molecule has 0 bridgehead atoms. The van der Waals surface area contributed by atoms with Crippen LogP contribution in [0.2, 0.25) is 0 Å². The molecule has 7 nitrogen and oxygen atoms in total. The third kappa shape index (κ3) is 4.05. The third-order valence-electron chi connectivity index (χ3n) is 4.43. The van der Waals surface area contributed by atoms with Crippen molar-refractivity contribution in [2.24, 2.45) is 0 Å². The maximum absolute atomic E-state index is 11.9. The van der Waals surface area contributed by atoms with Crippen LogP contribution in [0.1, 0.15) is 58.1 Å². The number of hydrogen-bond donors (Lipinski definition) is 2. The van der Waals surface area contributed by atoms with Crippen LogP contribution in [0.15, 0.2) is 16.9 Å². The Morgan fingerprint density at radius 3 is 2.68 bits per heavy atom. The van der Waals surface area contributed by atoms with E-state index in [0.29, 0.717) is 11.7 Å². The van der Waals surface area contributed by atoms with Gasteiger partial charge in [0.1, 0.15) is 17.4 Å². The summed E-state index contributed by atoms with van der Waals surface area (Å²) in [5.74, 6) is 0.846. The SMILES string of the molecule is CC(C)(C)OC(=O)NC1CCC(c2cc(Br)c3c(N)ncnn23)CC1. The van der Waals surface area contributed by atoms with E-state index >= 15 is 0 Å². The first kappa shape index (κ1) is 18.0. The number of hydrogen-bond acceptors (Lipinski definition) is 5. The maximum Gasteiger partial charge on any atom is 0.407 e. The lowest BCUT2D eigenvalue weighted by molar-refractivity contribution is 0.0491. The summed E-state index contributed by atoms with van der Waals surface area (Å²) in [6, 6.07) is 2.23. The normalized spacial score (nSPS) is 21.3. The van der Waals surface area contributed by atoms with E-state index in [1.807, 2.05) is 25.3 Å². The maximum atomic E-state index is 11.9. The molecule has 1 aliphatic rings. The first-order chi connectivity index (χ1) is 11.7. The lowest BCUT2D eigenvalue weighted by Gasteiger charge is -2.30. The Hall–Kier alpha value is -1.83. The molecule has 0 radical (unpaired) electrons. The molecule has 2 heterocycles. The molecule has 8 heteroatoms. The molecule has 2 aromatic heterocycles. The minimum atomic E-state index is -0.474. The zero-order chi connectivity index (χ0) is 18.2. The lowest BCUT2D eigenvalue weighted by atomic mass is 9.84. The van der Waals surface area contributed by atoms with Gasteiger partial charge in [-0.15, -0.1) is 0 Å². The van der Waals surface area contributed by atoms with Gasteiger partial charge < -0.3 is 15.8 Å². The summed E-state index contributed by atoms with van der Waals surface area (Å²) in [7, 11) is 0. The Morgan fingerprint density at radius 2 is 2.04 bits per heavy atom. The predicted molar refractivity (Wildman–Crippen MR) is 99.5 cm³/mol. The summed E-state index contributed by atoms with van der Waals surface area (Å²) in [5, 5.41) is 7.33. The van der Waals surface area contributed by atoms with Crippen molar-refractivity contribution in [3.63, 3.8) is 0 Å². The molecule has 0 aromatic carbocycles. The molecule has 3 N–H and O–H groups in total. The number of fused-ring (bicyclic) bond motifs is 1. The molecule has 0 aliphatic heterocycles. The number of anilines is 1. The van der Waals surface area contributed by atoms with E-state index in [4.69, 9.17) is 10.5 Å². The Labute approximate surface area is 155 Å². The van der Waals surface area contributed by atoms with Crippen molar-refractivity contribution in [2.45, 2.75) is 64.0 Å². The van der Waals surface area contributed by atoms with Crippen molar-refractivity contribution in [2.75, 3.05) is 5.73 Å². The molecule has 1 aliphatic carbocycles. The molecular weight excluding hydrogens is 386 g/mol. The van der Waals surface area contributed by atoms with E-state index in [-0.39, 0.29) is 12.1 Å². The van der Waals surface area contributed by atoms with Crippen LogP contribution in [0.5, 0.6) is 0 Å². The quantitative estimate of drug-likeness (QED) is 0.789. The smallest absolute Gasteiger partial charge is 0.407 e. The number of nitrogens with two attached hydrogens (primary N) is 1. The molecule has 25 heavy (non-hydrogen) atoms. The van der Waals surface area contributed by atoms with Crippen molar-refractivity contribution in [3.8, 4) is 0 Å². The highest BCUT2D eigenvalue weighted by molar-refractivity contribution is 9.10. The number of carbonyl (C=O) groups is 1. The number of aromatic nitrogens is 3. The second-order valence-electron chi connectivity index (χ2n) is 7.52. The topological polar surface area (TPSA) is 94.5 Å². The van der Waals surface area contributed by atoms with E-state index in [2.05, 4.69) is 37.4 Å². The van der Waals surface area contributed by atoms with E-state index in [0.717, 1.165) is 41.4 Å². The van der Waals surface area contributed by atoms with Crippen molar-refractivity contribution in [1.82, 2.24) is 19.9 Å². The van der Waals surface area contributed by atoms with Gasteiger partial charge in [-0.3, -0.25) is 0 Å². The van der Waals surface area contributed by atoms with Crippen LogP contribution < -0.4 is 11.1 Å². The van der Waals surface area contributed by atoms with E-state index in [1.54, 1.807) is 0 Å². The summed E-state index contributed by atoms with van der Waals surface area (Å²) in [5.41, 5.74) is 7.43. The number of nitrogens with one attached hydrogen (secondary N) is 1. The highest BCUT2D eigenvalue weighted by Crippen LogP contribution is 2.37. The zero-order valence-electron chi connectivity index (χ0n) is 14.8. The Balaban J connectivity index is 1.65. The Morgan fingerprint density at radius 1 is 1.36 bits per heavy atom. The number of alkyl carbamates (subject to hydrolysis) is 1.